The number of benzene rings is 2. The average molecular weight is 419 g/mol. The normalized spacial score (nSPS) is 11.9. The Kier molecular flexibility index (Phi) is 14.7. The lowest BCUT2D eigenvalue weighted by Crippen LogP contribution is -2.22. The van der Waals surface area contributed by atoms with E-state index in [0.29, 0.717) is 17.5 Å². The van der Waals surface area contributed by atoms with Gasteiger partial charge in [0.25, 0.3) is 0 Å². The first kappa shape index (κ1) is 27.3. The SMILES string of the molecule is CCCCC(O)CC(O)C(C)C.O=C(O)c1ccccc1.O=C(O)c1ccccc1. The zero-order valence-corrected chi connectivity index (χ0v) is 17.9. The summed E-state index contributed by atoms with van der Waals surface area (Å²) < 4.78 is 0. The molecule has 0 saturated heterocycles. The van der Waals surface area contributed by atoms with Gasteiger partial charge in [-0.05, 0) is 43.0 Å². The van der Waals surface area contributed by atoms with Crippen molar-refractivity contribution < 1.29 is 30.0 Å². The predicted octanol–water partition coefficient (Wildman–Crippen LogP) is 4.71. The minimum absolute atomic E-state index is 0.251. The molecule has 0 amide bonds. The summed E-state index contributed by atoms with van der Waals surface area (Å²) in [7, 11) is 0. The fourth-order valence-electron chi connectivity index (χ4n) is 2.27. The lowest BCUT2D eigenvalue weighted by molar-refractivity contribution is 0.0490. The Morgan fingerprint density at radius 1 is 0.800 bits per heavy atom. The molecule has 0 aliphatic carbocycles. The van der Waals surface area contributed by atoms with Crippen molar-refractivity contribution in [3.63, 3.8) is 0 Å². The molecule has 0 saturated carbocycles. The van der Waals surface area contributed by atoms with Crippen molar-refractivity contribution in [2.75, 3.05) is 0 Å². The Hall–Kier alpha value is -2.70. The highest BCUT2D eigenvalue weighted by Crippen LogP contribution is 2.12. The van der Waals surface area contributed by atoms with Crippen LogP contribution in [0.25, 0.3) is 0 Å². The minimum Gasteiger partial charge on any atom is -0.478 e. The van der Waals surface area contributed by atoms with Crippen molar-refractivity contribution in [1.29, 1.82) is 0 Å². The van der Waals surface area contributed by atoms with Gasteiger partial charge in [-0.2, -0.15) is 0 Å². The van der Waals surface area contributed by atoms with Crippen LogP contribution in [-0.4, -0.2) is 44.6 Å². The topological polar surface area (TPSA) is 115 Å². The van der Waals surface area contributed by atoms with Gasteiger partial charge in [0, 0.05) is 0 Å². The number of aliphatic hydroxyl groups is 2. The summed E-state index contributed by atoms with van der Waals surface area (Å²) >= 11 is 0. The van der Waals surface area contributed by atoms with E-state index in [-0.39, 0.29) is 18.1 Å². The fraction of sp³-hybridized carbons (Fsp3) is 0.417. The highest BCUT2D eigenvalue weighted by molar-refractivity contribution is 5.87. The maximum absolute atomic E-state index is 10.2. The Labute approximate surface area is 178 Å². The van der Waals surface area contributed by atoms with Gasteiger partial charge in [-0.15, -0.1) is 0 Å². The highest BCUT2D eigenvalue weighted by Gasteiger charge is 2.14. The van der Waals surface area contributed by atoms with E-state index < -0.39 is 11.9 Å². The second-order valence-corrected chi connectivity index (χ2v) is 7.19. The van der Waals surface area contributed by atoms with E-state index >= 15 is 0 Å². The summed E-state index contributed by atoms with van der Waals surface area (Å²) in [5.41, 5.74) is 0.662. The molecule has 0 bridgehead atoms. The largest absolute Gasteiger partial charge is 0.478 e. The van der Waals surface area contributed by atoms with E-state index in [1.165, 1.54) is 0 Å². The number of unbranched alkanes of at least 4 members (excludes halogenated alkanes) is 1. The van der Waals surface area contributed by atoms with Crippen molar-refractivity contribution in [3.8, 4) is 0 Å². The minimum atomic E-state index is -0.879. The number of rotatable bonds is 8. The quantitative estimate of drug-likeness (QED) is 0.493. The van der Waals surface area contributed by atoms with Crippen LogP contribution in [0.2, 0.25) is 0 Å². The van der Waals surface area contributed by atoms with Crippen LogP contribution < -0.4 is 0 Å². The van der Waals surface area contributed by atoms with Gasteiger partial charge in [0.05, 0.1) is 23.3 Å². The summed E-state index contributed by atoms with van der Waals surface area (Å²) in [5.74, 6) is -1.51. The van der Waals surface area contributed by atoms with Crippen LogP contribution in [0.5, 0.6) is 0 Å². The molecule has 0 aliphatic rings. The molecule has 2 atom stereocenters. The molecule has 2 aromatic carbocycles. The lowest BCUT2D eigenvalue weighted by Gasteiger charge is -2.18. The molecule has 166 valence electrons. The molecule has 2 aromatic rings. The molecule has 0 heterocycles. The monoisotopic (exact) mass is 418 g/mol. The third-order valence-electron chi connectivity index (χ3n) is 4.22. The number of carboxylic acid groups (broad SMARTS) is 2. The lowest BCUT2D eigenvalue weighted by atomic mass is 9.98. The van der Waals surface area contributed by atoms with Gasteiger partial charge in [-0.25, -0.2) is 9.59 Å². The molecule has 0 aliphatic heterocycles. The summed E-state index contributed by atoms with van der Waals surface area (Å²) in [6.45, 7) is 6.04. The summed E-state index contributed by atoms with van der Waals surface area (Å²) in [6, 6.07) is 16.6. The molecule has 2 rings (SSSR count). The summed E-state index contributed by atoms with van der Waals surface area (Å²) in [5, 5.41) is 35.6. The number of hydrogen-bond acceptors (Lipinski definition) is 4. The first-order valence-corrected chi connectivity index (χ1v) is 10.1. The Morgan fingerprint density at radius 3 is 1.47 bits per heavy atom. The molecular weight excluding hydrogens is 384 g/mol. The number of aromatic carboxylic acids is 2. The van der Waals surface area contributed by atoms with Crippen LogP contribution >= 0.6 is 0 Å². The number of hydrogen-bond donors (Lipinski definition) is 4. The van der Waals surface area contributed by atoms with Gasteiger partial charge < -0.3 is 20.4 Å². The Morgan fingerprint density at radius 2 is 1.20 bits per heavy atom. The Balaban J connectivity index is 0.000000426. The second-order valence-electron chi connectivity index (χ2n) is 7.19. The third kappa shape index (κ3) is 13.5. The molecule has 0 fully saturated rings. The van der Waals surface area contributed by atoms with Crippen molar-refractivity contribution in [2.45, 2.75) is 58.7 Å². The predicted molar refractivity (Wildman–Crippen MR) is 118 cm³/mol. The molecule has 6 nitrogen and oxygen atoms in total. The molecule has 4 N–H and O–H groups in total. The molecule has 2 unspecified atom stereocenters. The first-order chi connectivity index (χ1) is 14.2. The van der Waals surface area contributed by atoms with E-state index in [1.807, 2.05) is 13.8 Å². The molecule has 0 spiro atoms. The zero-order chi connectivity index (χ0) is 22.9. The van der Waals surface area contributed by atoms with Crippen molar-refractivity contribution in [3.05, 3.63) is 71.8 Å². The second kappa shape index (κ2) is 16.1. The van der Waals surface area contributed by atoms with Crippen LogP contribution in [0.1, 0.15) is 67.2 Å². The van der Waals surface area contributed by atoms with Gasteiger partial charge in [0.2, 0.25) is 0 Å². The van der Waals surface area contributed by atoms with Crippen molar-refractivity contribution in [1.82, 2.24) is 0 Å². The maximum atomic E-state index is 10.2. The number of aliphatic hydroxyl groups excluding tert-OH is 2. The highest BCUT2D eigenvalue weighted by atomic mass is 16.4. The van der Waals surface area contributed by atoms with Crippen LogP contribution in [0.3, 0.4) is 0 Å². The van der Waals surface area contributed by atoms with Gasteiger partial charge in [0.15, 0.2) is 0 Å². The average Bonchev–Trinajstić information content (AvgIpc) is 2.74. The third-order valence-corrected chi connectivity index (χ3v) is 4.22. The van der Waals surface area contributed by atoms with Crippen LogP contribution in [-0.2, 0) is 0 Å². The molecule has 0 radical (unpaired) electrons. The van der Waals surface area contributed by atoms with Crippen LogP contribution in [0.15, 0.2) is 60.7 Å². The van der Waals surface area contributed by atoms with Crippen LogP contribution in [0, 0.1) is 5.92 Å². The zero-order valence-electron chi connectivity index (χ0n) is 17.9. The maximum Gasteiger partial charge on any atom is 0.335 e. The molecule has 6 heteroatoms. The van der Waals surface area contributed by atoms with E-state index in [2.05, 4.69) is 6.92 Å². The van der Waals surface area contributed by atoms with Gasteiger partial charge >= 0.3 is 11.9 Å². The van der Waals surface area contributed by atoms with Gasteiger partial charge in [-0.1, -0.05) is 70.0 Å². The molecular formula is C24H34O6. The van der Waals surface area contributed by atoms with Crippen molar-refractivity contribution in [2.24, 2.45) is 5.92 Å². The molecule has 0 aromatic heterocycles. The summed E-state index contributed by atoms with van der Waals surface area (Å²) in [6.07, 6.45) is 2.83. The summed E-state index contributed by atoms with van der Waals surface area (Å²) in [4.78, 5) is 20.4. The van der Waals surface area contributed by atoms with E-state index in [9.17, 15) is 19.8 Å². The van der Waals surface area contributed by atoms with Crippen LogP contribution in [0.4, 0.5) is 0 Å². The molecule has 30 heavy (non-hydrogen) atoms. The smallest absolute Gasteiger partial charge is 0.335 e. The Bertz CT molecular complexity index is 651. The van der Waals surface area contributed by atoms with E-state index in [1.54, 1.807) is 60.7 Å². The van der Waals surface area contributed by atoms with Gasteiger partial charge in [-0.3, -0.25) is 0 Å². The number of carbonyl (C=O) groups is 2. The van der Waals surface area contributed by atoms with Gasteiger partial charge in [0.1, 0.15) is 0 Å². The number of carboxylic acids is 2. The first-order valence-electron chi connectivity index (χ1n) is 10.1. The van der Waals surface area contributed by atoms with E-state index in [4.69, 9.17) is 10.2 Å². The van der Waals surface area contributed by atoms with Crippen molar-refractivity contribution >= 4 is 11.9 Å². The fourth-order valence-corrected chi connectivity index (χ4v) is 2.27. The van der Waals surface area contributed by atoms with E-state index in [0.717, 1.165) is 19.3 Å². The standard InChI is InChI=1S/C10H22O2.2C7H6O2/c1-4-5-6-9(11)7-10(12)8(2)3;2*8-7(9)6-4-2-1-3-5-6/h8-12H,4-7H2,1-3H3;2*1-5H,(H,8,9).